The van der Waals surface area contributed by atoms with Crippen molar-refractivity contribution >= 4 is 0 Å². The topological polar surface area (TPSA) is 25.8 Å². The van der Waals surface area contributed by atoms with E-state index < -0.39 is 0 Å². The maximum absolute atomic E-state index is 4.26. The monoisotopic (exact) mass is 148 g/mol. The van der Waals surface area contributed by atoms with Crippen LogP contribution < -0.4 is 0 Å². The first-order chi connectivity index (χ1) is 5.36. The summed E-state index contributed by atoms with van der Waals surface area (Å²) in [6.45, 7) is 2.28. The molecule has 0 fully saturated rings. The SMILES string of the molecule is CC1CCc2cncnc2C1. The number of nitrogens with zero attached hydrogens (tertiary/aromatic N) is 2. The van der Waals surface area contributed by atoms with Gasteiger partial charge in [0, 0.05) is 11.9 Å². The van der Waals surface area contributed by atoms with E-state index in [0.717, 1.165) is 18.8 Å². The summed E-state index contributed by atoms with van der Waals surface area (Å²) in [5, 5.41) is 0. The van der Waals surface area contributed by atoms with Crippen LogP contribution in [0.25, 0.3) is 0 Å². The van der Waals surface area contributed by atoms with Gasteiger partial charge in [0.25, 0.3) is 0 Å². The molecule has 0 saturated heterocycles. The summed E-state index contributed by atoms with van der Waals surface area (Å²) in [5.74, 6) is 0.803. The molecule has 2 heteroatoms. The minimum Gasteiger partial charge on any atom is -0.245 e. The predicted molar refractivity (Wildman–Crippen MR) is 43.2 cm³/mol. The van der Waals surface area contributed by atoms with Gasteiger partial charge in [-0.3, -0.25) is 0 Å². The van der Waals surface area contributed by atoms with Gasteiger partial charge >= 0.3 is 0 Å². The van der Waals surface area contributed by atoms with E-state index in [0.29, 0.717) is 0 Å². The lowest BCUT2D eigenvalue weighted by Gasteiger charge is -2.18. The largest absolute Gasteiger partial charge is 0.245 e. The van der Waals surface area contributed by atoms with E-state index in [4.69, 9.17) is 0 Å². The maximum atomic E-state index is 4.26. The summed E-state index contributed by atoms with van der Waals surface area (Å²) in [5.41, 5.74) is 2.62. The van der Waals surface area contributed by atoms with Crippen molar-refractivity contribution in [1.82, 2.24) is 9.97 Å². The minimum absolute atomic E-state index is 0.803. The Bertz CT molecular complexity index is 257. The summed E-state index contributed by atoms with van der Waals surface area (Å²) in [7, 11) is 0. The van der Waals surface area contributed by atoms with Crippen LogP contribution in [0.15, 0.2) is 12.5 Å². The first kappa shape index (κ1) is 6.77. The van der Waals surface area contributed by atoms with E-state index >= 15 is 0 Å². The number of fused-ring (bicyclic) bond motifs is 1. The third-order valence-corrected chi connectivity index (χ3v) is 2.33. The van der Waals surface area contributed by atoms with E-state index in [9.17, 15) is 0 Å². The van der Waals surface area contributed by atoms with Crippen LogP contribution in [-0.2, 0) is 12.8 Å². The van der Waals surface area contributed by atoms with Crippen molar-refractivity contribution in [2.45, 2.75) is 26.2 Å². The van der Waals surface area contributed by atoms with Crippen molar-refractivity contribution in [3.63, 3.8) is 0 Å². The highest BCUT2D eigenvalue weighted by molar-refractivity contribution is 5.19. The summed E-state index contributed by atoms with van der Waals surface area (Å²) >= 11 is 0. The lowest BCUT2D eigenvalue weighted by atomic mass is 9.89. The Morgan fingerprint density at radius 3 is 3.36 bits per heavy atom. The van der Waals surface area contributed by atoms with Crippen molar-refractivity contribution in [3.8, 4) is 0 Å². The van der Waals surface area contributed by atoms with Crippen molar-refractivity contribution in [3.05, 3.63) is 23.8 Å². The number of hydrogen-bond acceptors (Lipinski definition) is 2. The fourth-order valence-corrected chi connectivity index (χ4v) is 1.61. The number of hydrogen-bond donors (Lipinski definition) is 0. The summed E-state index contributed by atoms with van der Waals surface area (Å²) in [6, 6.07) is 0. The first-order valence-corrected chi connectivity index (χ1v) is 4.14. The molecule has 58 valence electrons. The molecule has 1 aliphatic rings. The predicted octanol–water partition coefficient (Wildman–Crippen LogP) is 1.60. The normalized spacial score (nSPS) is 22.8. The minimum atomic E-state index is 0.803. The van der Waals surface area contributed by atoms with Gasteiger partial charge in [-0.05, 0) is 30.7 Å². The van der Waals surface area contributed by atoms with Crippen molar-refractivity contribution in [2.24, 2.45) is 5.92 Å². The molecule has 2 nitrogen and oxygen atoms in total. The molecule has 0 amide bonds. The lowest BCUT2D eigenvalue weighted by molar-refractivity contribution is 0.490. The summed E-state index contributed by atoms with van der Waals surface area (Å²) in [4.78, 5) is 8.27. The van der Waals surface area contributed by atoms with Crippen molar-refractivity contribution in [2.75, 3.05) is 0 Å². The second-order valence-electron chi connectivity index (χ2n) is 3.34. The zero-order valence-electron chi connectivity index (χ0n) is 6.75. The van der Waals surface area contributed by atoms with Crippen LogP contribution in [0.1, 0.15) is 24.6 Å². The molecule has 1 aromatic heterocycles. The molecule has 0 N–H and O–H groups in total. The Hall–Kier alpha value is -0.920. The van der Waals surface area contributed by atoms with Crippen molar-refractivity contribution in [1.29, 1.82) is 0 Å². The van der Waals surface area contributed by atoms with E-state index in [2.05, 4.69) is 16.9 Å². The third kappa shape index (κ3) is 1.25. The van der Waals surface area contributed by atoms with E-state index in [1.807, 2.05) is 6.20 Å². The molecule has 1 unspecified atom stereocenters. The van der Waals surface area contributed by atoms with Gasteiger partial charge in [0.2, 0.25) is 0 Å². The van der Waals surface area contributed by atoms with Gasteiger partial charge < -0.3 is 0 Å². The highest BCUT2D eigenvalue weighted by atomic mass is 14.8. The Kier molecular flexibility index (Phi) is 1.60. The Balaban J connectivity index is 2.34. The van der Waals surface area contributed by atoms with Gasteiger partial charge in [-0.1, -0.05) is 6.92 Å². The van der Waals surface area contributed by atoms with Crippen LogP contribution in [0.3, 0.4) is 0 Å². The van der Waals surface area contributed by atoms with Crippen LogP contribution >= 0.6 is 0 Å². The fourth-order valence-electron chi connectivity index (χ4n) is 1.61. The molecular weight excluding hydrogens is 136 g/mol. The molecule has 0 spiro atoms. The van der Waals surface area contributed by atoms with Crippen LogP contribution in [-0.4, -0.2) is 9.97 Å². The molecule has 1 atom stereocenters. The number of aromatic nitrogens is 2. The van der Waals surface area contributed by atoms with Crippen LogP contribution in [0.4, 0.5) is 0 Å². The first-order valence-electron chi connectivity index (χ1n) is 4.14. The molecule has 2 rings (SSSR count). The zero-order valence-corrected chi connectivity index (χ0v) is 6.75. The average Bonchev–Trinajstić information content (AvgIpc) is 2.04. The molecule has 0 aromatic carbocycles. The van der Waals surface area contributed by atoms with Crippen LogP contribution in [0.2, 0.25) is 0 Å². The van der Waals surface area contributed by atoms with Crippen LogP contribution in [0.5, 0.6) is 0 Å². The molecule has 1 aliphatic carbocycles. The van der Waals surface area contributed by atoms with E-state index in [-0.39, 0.29) is 0 Å². The lowest BCUT2D eigenvalue weighted by Crippen LogP contribution is -2.12. The Morgan fingerprint density at radius 1 is 1.55 bits per heavy atom. The summed E-state index contributed by atoms with van der Waals surface area (Å²) < 4.78 is 0. The molecule has 0 aliphatic heterocycles. The van der Waals surface area contributed by atoms with Gasteiger partial charge in [-0.25, -0.2) is 9.97 Å². The third-order valence-electron chi connectivity index (χ3n) is 2.33. The molecular formula is C9H12N2. The van der Waals surface area contributed by atoms with Gasteiger partial charge in [0.05, 0.1) is 0 Å². The van der Waals surface area contributed by atoms with E-state index in [1.165, 1.54) is 17.7 Å². The van der Waals surface area contributed by atoms with Gasteiger partial charge in [0.1, 0.15) is 6.33 Å². The number of rotatable bonds is 0. The Labute approximate surface area is 66.7 Å². The van der Waals surface area contributed by atoms with Crippen molar-refractivity contribution < 1.29 is 0 Å². The molecule has 1 aromatic rings. The fraction of sp³-hybridized carbons (Fsp3) is 0.556. The highest BCUT2D eigenvalue weighted by Gasteiger charge is 2.15. The smallest absolute Gasteiger partial charge is 0.115 e. The maximum Gasteiger partial charge on any atom is 0.115 e. The molecule has 0 saturated carbocycles. The van der Waals surface area contributed by atoms with E-state index in [1.54, 1.807) is 6.33 Å². The Morgan fingerprint density at radius 2 is 2.45 bits per heavy atom. The standard InChI is InChI=1S/C9H12N2/c1-7-2-3-8-5-10-6-11-9(8)4-7/h5-7H,2-4H2,1H3. The highest BCUT2D eigenvalue weighted by Crippen LogP contribution is 2.21. The van der Waals surface area contributed by atoms with Crippen LogP contribution in [0, 0.1) is 5.92 Å². The van der Waals surface area contributed by atoms with Gasteiger partial charge in [-0.15, -0.1) is 0 Å². The summed E-state index contributed by atoms with van der Waals surface area (Å²) in [6.07, 6.45) is 7.20. The second kappa shape index (κ2) is 2.61. The molecule has 0 bridgehead atoms. The number of aryl methyl sites for hydroxylation is 1. The molecule has 11 heavy (non-hydrogen) atoms. The molecule has 0 radical (unpaired) electrons. The average molecular weight is 148 g/mol. The second-order valence-corrected chi connectivity index (χ2v) is 3.34. The van der Waals surface area contributed by atoms with Gasteiger partial charge in [0.15, 0.2) is 0 Å². The zero-order chi connectivity index (χ0) is 7.68. The molecule has 1 heterocycles. The quantitative estimate of drug-likeness (QED) is 0.558. The van der Waals surface area contributed by atoms with Gasteiger partial charge in [-0.2, -0.15) is 0 Å².